The van der Waals surface area contributed by atoms with E-state index in [4.69, 9.17) is 40.2 Å². The van der Waals surface area contributed by atoms with E-state index in [2.05, 4.69) is 10.2 Å². The Morgan fingerprint density at radius 2 is 1.85 bits per heavy atom. The van der Waals surface area contributed by atoms with Crippen LogP contribution in [0.2, 0.25) is 10.0 Å². The number of hydrogen-bond donors (Lipinski definition) is 1. The van der Waals surface area contributed by atoms with Gasteiger partial charge in [0.25, 0.3) is 0 Å². The van der Waals surface area contributed by atoms with Crippen molar-refractivity contribution in [1.82, 2.24) is 19.7 Å². The minimum Gasteiger partial charge on any atom is -0.496 e. The van der Waals surface area contributed by atoms with Crippen LogP contribution in [-0.4, -0.2) is 47.4 Å². The molecule has 1 unspecified atom stereocenters. The summed E-state index contributed by atoms with van der Waals surface area (Å²) in [7, 11) is 5.51. The predicted molar refractivity (Wildman–Crippen MR) is 131 cm³/mol. The van der Waals surface area contributed by atoms with E-state index in [1.165, 1.54) is 10.6 Å². The molecule has 3 rings (SSSR count). The Labute approximate surface area is 211 Å². The number of nitrogens with one attached hydrogen (secondary N) is 1. The van der Waals surface area contributed by atoms with Crippen molar-refractivity contribution < 1.29 is 17.9 Å². The van der Waals surface area contributed by atoms with Gasteiger partial charge in [0.1, 0.15) is 11.6 Å². The Morgan fingerprint density at radius 3 is 2.47 bits per heavy atom. The molecule has 1 atom stereocenters. The first-order chi connectivity index (χ1) is 15.9. The summed E-state index contributed by atoms with van der Waals surface area (Å²) in [5.74, 6) is 0.665. The van der Waals surface area contributed by atoms with Crippen LogP contribution in [-0.2, 0) is 6.18 Å². The Bertz CT molecular complexity index is 1220. The minimum atomic E-state index is -4.68. The molecule has 11 heteroatoms. The molecule has 1 N–H and O–H groups in total. The predicted octanol–water partition coefficient (Wildman–Crippen LogP) is 7.05. The van der Waals surface area contributed by atoms with Gasteiger partial charge in [-0.05, 0) is 81.9 Å². The van der Waals surface area contributed by atoms with E-state index in [9.17, 15) is 13.2 Å². The van der Waals surface area contributed by atoms with Gasteiger partial charge in [-0.25, -0.2) is 0 Å². The van der Waals surface area contributed by atoms with Gasteiger partial charge in [-0.15, -0.1) is 0 Å². The molecule has 0 aliphatic heterocycles. The molecule has 0 saturated carbocycles. The molecule has 0 saturated heterocycles. The van der Waals surface area contributed by atoms with Gasteiger partial charge >= 0.3 is 6.18 Å². The normalized spacial score (nSPS) is 12.9. The van der Waals surface area contributed by atoms with Gasteiger partial charge in [-0.1, -0.05) is 35.3 Å². The second kappa shape index (κ2) is 10.7. The van der Waals surface area contributed by atoms with Crippen LogP contribution in [0.1, 0.15) is 41.3 Å². The number of rotatable bonds is 8. The second-order valence-electron chi connectivity index (χ2n) is 8.23. The van der Waals surface area contributed by atoms with Crippen molar-refractivity contribution >= 4 is 35.4 Å². The fraction of sp³-hybridized carbons (Fsp3) is 0.391. The van der Waals surface area contributed by atoms with Gasteiger partial charge < -0.3 is 9.64 Å². The topological polar surface area (TPSA) is 46.1 Å². The van der Waals surface area contributed by atoms with Gasteiger partial charge in [0, 0.05) is 5.92 Å². The maximum atomic E-state index is 14.0. The quantitative estimate of drug-likeness (QED) is 0.316. The van der Waals surface area contributed by atoms with Crippen molar-refractivity contribution in [3.05, 3.63) is 67.7 Å². The van der Waals surface area contributed by atoms with Crippen LogP contribution in [0.4, 0.5) is 13.2 Å². The van der Waals surface area contributed by atoms with E-state index < -0.39 is 11.7 Å². The zero-order valence-corrected chi connectivity index (χ0v) is 21.5. The number of methoxy groups -OCH3 is 1. The van der Waals surface area contributed by atoms with Crippen LogP contribution in [0.25, 0.3) is 5.69 Å². The SMILES string of the molecule is COc1cc(C(CCCN(C)C)c2n[nH]c(=S)n2-c2cc(Cl)c(Cl)cc2C(F)(F)F)ccc1C. The van der Waals surface area contributed by atoms with E-state index in [0.29, 0.717) is 18.0 Å². The fourth-order valence-corrected chi connectivity index (χ4v) is 4.39. The molecule has 2 aromatic carbocycles. The van der Waals surface area contributed by atoms with Gasteiger partial charge in [0.2, 0.25) is 0 Å². The van der Waals surface area contributed by atoms with Crippen molar-refractivity contribution in [3.8, 4) is 11.4 Å². The molecule has 0 spiro atoms. The highest BCUT2D eigenvalue weighted by molar-refractivity contribution is 7.71. The van der Waals surface area contributed by atoms with E-state index in [1.807, 2.05) is 44.1 Å². The molecule has 0 radical (unpaired) electrons. The largest absolute Gasteiger partial charge is 0.496 e. The summed E-state index contributed by atoms with van der Waals surface area (Å²) in [4.78, 5) is 2.05. The summed E-state index contributed by atoms with van der Waals surface area (Å²) < 4.78 is 48.7. The monoisotopic (exact) mass is 532 g/mol. The molecule has 0 amide bonds. The van der Waals surface area contributed by atoms with Crippen molar-refractivity contribution in [1.29, 1.82) is 0 Å². The molecule has 1 aromatic heterocycles. The Morgan fingerprint density at radius 1 is 1.18 bits per heavy atom. The lowest BCUT2D eigenvalue weighted by molar-refractivity contribution is -0.137. The highest BCUT2D eigenvalue weighted by atomic mass is 35.5. The van der Waals surface area contributed by atoms with Crippen molar-refractivity contribution in [2.75, 3.05) is 27.7 Å². The Hall–Kier alpha value is -2.07. The van der Waals surface area contributed by atoms with Gasteiger partial charge in [0.15, 0.2) is 4.77 Å². The zero-order chi connectivity index (χ0) is 25.2. The number of benzene rings is 2. The summed E-state index contributed by atoms with van der Waals surface area (Å²) >= 11 is 17.4. The van der Waals surface area contributed by atoms with Crippen LogP contribution in [0.15, 0.2) is 30.3 Å². The first-order valence-corrected chi connectivity index (χ1v) is 11.6. The van der Waals surface area contributed by atoms with Crippen LogP contribution in [0, 0.1) is 11.7 Å². The molecule has 3 aromatic rings. The number of alkyl halides is 3. The van der Waals surface area contributed by atoms with Crippen molar-refractivity contribution in [2.24, 2.45) is 0 Å². The smallest absolute Gasteiger partial charge is 0.418 e. The Balaban J connectivity index is 2.23. The number of H-pyrrole nitrogens is 1. The van der Waals surface area contributed by atoms with E-state index in [-0.39, 0.29) is 26.4 Å². The number of ether oxygens (including phenoxy) is 1. The molecule has 184 valence electrons. The minimum absolute atomic E-state index is 0.0140. The number of aromatic amines is 1. The molecular formula is C23H25Cl2F3N4OS. The molecular weight excluding hydrogens is 508 g/mol. The lowest BCUT2D eigenvalue weighted by atomic mass is 9.92. The number of hydrogen-bond acceptors (Lipinski definition) is 4. The summed E-state index contributed by atoms with van der Waals surface area (Å²) in [5.41, 5.74) is 0.618. The highest BCUT2D eigenvalue weighted by Crippen LogP contribution is 2.40. The first kappa shape index (κ1) is 26.5. The molecule has 0 bridgehead atoms. The zero-order valence-electron chi connectivity index (χ0n) is 19.1. The number of aryl methyl sites for hydroxylation is 1. The van der Waals surface area contributed by atoms with Gasteiger partial charge in [0.05, 0.1) is 28.4 Å². The van der Waals surface area contributed by atoms with Crippen LogP contribution in [0.3, 0.4) is 0 Å². The molecule has 0 aliphatic rings. The number of aromatic nitrogens is 3. The molecule has 0 fully saturated rings. The third kappa shape index (κ3) is 5.76. The van der Waals surface area contributed by atoms with E-state index >= 15 is 0 Å². The third-order valence-corrected chi connectivity index (χ3v) is 6.52. The summed E-state index contributed by atoms with van der Waals surface area (Å²) in [6.45, 7) is 2.72. The molecule has 34 heavy (non-hydrogen) atoms. The van der Waals surface area contributed by atoms with Crippen molar-refractivity contribution in [2.45, 2.75) is 31.9 Å². The van der Waals surface area contributed by atoms with E-state index in [0.717, 1.165) is 30.2 Å². The van der Waals surface area contributed by atoms with Crippen LogP contribution >= 0.6 is 35.4 Å². The van der Waals surface area contributed by atoms with Crippen LogP contribution in [0.5, 0.6) is 5.75 Å². The second-order valence-corrected chi connectivity index (χ2v) is 9.43. The van der Waals surface area contributed by atoms with Crippen LogP contribution < -0.4 is 4.74 Å². The third-order valence-electron chi connectivity index (χ3n) is 5.53. The lowest BCUT2D eigenvalue weighted by Crippen LogP contribution is -2.17. The average Bonchev–Trinajstić information content (AvgIpc) is 3.13. The lowest BCUT2D eigenvalue weighted by Gasteiger charge is -2.22. The summed E-state index contributed by atoms with van der Waals surface area (Å²) in [6, 6.07) is 7.72. The maximum Gasteiger partial charge on any atom is 0.418 e. The van der Waals surface area contributed by atoms with Gasteiger partial charge in [-0.3, -0.25) is 9.67 Å². The highest BCUT2D eigenvalue weighted by Gasteiger charge is 2.36. The summed E-state index contributed by atoms with van der Waals surface area (Å²) in [5, 5.41) is 6.83. The van der Waals surface area contributed by atoms with Gasteiger partial charge in [-0.2, -0.15) is 18.3 Å². The molecule has 1 heterocycles. The number of nitrogens with zero attached hydrogens (tertiary/aromatic N) is 3. The molecule has 0 aliphatic carbocycles. The Kier molecular flexibility index (Phi) is 8.34. The average molecular weight is 533 g/mol. The van der Waals surface area contributed by atoms with Crippen molar-refractivity contribution in [3.63, 3.8) is 0 Å². The standard InChI is InChI=1S/C23H25Cl2F3N4OS/c1-13-7-8-14(10-20(13)33-4)15(6-5-9-31(2)3)21-29-30-22(34)32(21)19-12-18(25)17(24)11-16(19)23(26,27)28/h7-8,10-12,15H,5-6,9H2,1-4H3,(H,30,34). The van der Waals surface area contributed by atoms with E-state index in [1.54, 1.807) is 7.11 Å². The first-order valence-electron chi connectivity index (χ1n) is 10.5. The molecule has 5 nitrogen and oxygen atoms in total. The number of halogens is 5. The fourth-order valence-electron chi connectivity index (χ4n) is 3.83. The summed E-state index contributed by atoms with van der Waals surface area (Å²) in [6.07, 6.45) is -3.28. The maximum absolute atomic E-state index is 14.0.